The summed E-state index contributed by atoms with van der Waals surface area (Å²) in [6, 6.07) is 29.1. The second-order valence-electron chi connectivity index (χ2n) is 5.93. The average molecular weight is 313 g/mol. The van der Waals surface area contributed by atoms with Crippen molar-refractivity contribution in [1.82, 2.24) is 0 Å². The van der Waals surface area contributed by atoms with Gasteiger partial charge in [0.15, 0.2) is 0 Å². The van der Waals surface area contributed by atoms with Gasteiger partial charge in [-0.05, 0) is 29.3 Å². The number of benzene rings is 3. The Balaban J connectivity index is 1.66. The fourth-order valence-electron chi connectivity index (χ4n) is 3.01. The zero-order valence-corrected chi connectivity index (χ0v) is 13.4. The van der Waals surface area contributed by atoms with Crippen LogP contribution < -0.4 is 9.64 Å². The molecular weight excluding hydrogens is 294 g/mol. The largest absolute Gasteiger partial charge is 0.458 e. The normalized spacial score (nSPS) is 15.0. The van der Waals surface area contributed by atoms with Crippen LogP contribution in [0.15, 0.2) is 90.7 Å². The number of nitrogens with zero attached hydrogens (tertiary/aromatic N) is 1. The van der Waals surface area contributed by atoms with Gasteiger partial charge in [0.25, 0.3) is 0 Å². The second kappa shape index (κ2) is 6.63. The van der Waals surface area contributed by atoms with Crippen molar-refractivity contribution in [3.05, 3.63) is 102 Å². The number of ether oxygens (including phenoxy) is 1. The van der Waals surface area contributed by atoms with Gasteiger partial charge in [-0.1, -0.05) is 72.8 Å². The van der Waals surface area contributed by atoms with Crippen LogP contribution in [0.4, 0.5) is 5.69 Å². The van der Waals surface area contributed by atoms with Crippen LogP contribution in [-0.2, 0) is 6.54 Å². The first-order valence-electron chi connectivity index (χ1n) is 8.20. The summed E-state index contributed by atoms with van der Waals surface area (Å²) in [6.07, 6.45) is 2.12. The van der Waals surface area contributed by atoms with Crippen molar-refractivity contribution in [3.63, 3.8) is 0 Å². The van der Waals surface area contributed by atoms with Crippen molar-refractivity contribution in [1.29, 1.82) is 0 Å². The highest BCUT2D eigenvalue weighted by molar-refractivity contribution is 5.65. The Morgan fingerprint density at radius 2 is 1.46 bits per heavy atom. The fraction of sp³-hybridized carbons (Fsp3) is 0.0909. The topological polar surface area (TPSA) is 12.5 Å². The van der Waals surface area contributed by atoms with Crippen LogP contribution in [0.25, 0.3) is 6.08 Å². The SMILES string of the molecule is C(=C1\CN(Cc2ccccc2)c2ccccc2O1)/c1ccccc1. The first-order chi connectivity index (χ1) is 11.9. The van der Waals surface area contributed by atoms with Gasteiger partial charge in [-0.15, -0.1) is 0 Å². The molecule has 0 bridgehead atoms. The molecule has 3 aromatic carbocycles. The molecule has 1 aliphatic heterocycles. The van der Waals surface area contributed by atoms with Crippen LogP contribution in [-0.4, -0.2) is 6.54 Å². The van der Waals surface area contributed by atoms with E-state index in [9.17, 15) is 0 Å². The summed E-state index contributed by atoms with van der Waals surface area (Å²) in [6.45, 7) is 1.63. The van der Waals surface area contributed by atoms with Crippen molar-refractivity contribution in [2.45, 2.75) is 6.54 Å². The molecule has 0 aliphatic carbocycles. The molecule has 1 aliphatic rings. The van der Waals surface area contributed by atoms with E-state index in [4.69, 9.17) is 4.74 Å². The molecule has 0 saturated heterocycles. The molecular formula is C22H19NO. The van der Waals surface area contributed by atoms with E-state index >= 15 is 0 Å². The van der Waals surface area contributed by atoms with Gasteiger partial charge in [0.1, 0.15) is 11.5 Å². The van der Waals surface area contributed by atoms with Crippen molar-refractivity contribution in [2.24, 2.45) is 0 Å². The van der Waals surface area contributed by atoms with Crippen LogP contribution in [0, 0.1) is 0 Å². The predicted octanol–water partition coefficient (Wildman–Crippen LogP) is 5.13. The van der Waals surface area contributed by atoms with Gasteiger partial charge in [-0.25, -0.2) is 0 Å². The average Bonchev–Trinajstić information content (AvgIpc) is 2.63. The molecule has 2 heteroatoms. The van der Waals surface area contributed by atoms with Gasteiger partial charge in [0.05, 0.1) is 12.2 Å². The lowest BCUT2D eigenvalue weighted by atomic mass is 10.1. The minimum atomic E-state index is 0.765. The Kier molecular flexibility index (Phi) is 4.03. The lowest BCUT2D eigenvalue weighted by Gasteiger charge is -2.32. The molecule has 4 rings (SSSR count). The summed E-state index contributed by atoms with van der Waals surface area (Å²) in [5, 5.41) is 0. The molecule has 3 aromatic rings. The summed E-state index contributed by atoms with van der Waals surface area (Å²) in [5.41, 5.74) is 3.60. The zero-order valence-electron chi connectivity index (χ0n) is 13.4. The highest BCUT2D eigenvalue weighted by Crippen LogP contribution is 2.35. The molecule has 0 N–H and O–H groups in total. The molecule has 0 saturated carbocycles. The first-order valence-corrected chi connectivity index (χ1v) is 8.20. The maximum atomic E-state index is 6.12. The van der Waals surface area contributed by atoms with Crippen molar-refractivity contribution >= 4 is 11.8 Å². The molecule has 0 aromatic heterocycles. The number of fused-ring (bicyclic) bond motifs is 1. The predicted molar refractivity (Wildman–Crippen MR) is 99.0 cm³/mol. The van der Waals surface area contributed by atoms with Crippen LogP contribution in [0.5, 0.6) is 5.75 Å². The summed E-state index contributed by atoms with van der Waals surface area (Å²) >= 11 is 0. The number of para-hydroxylation sites is 2. The summed E-state index contributed by atoms with van der Waals surface area (Å²) in [7, 11) is 0. The Labute approximate surface area is 142 Å². The van der Waals surface area contributed by atoms with Gasteiger partial charge in [0.2, 0.25) is 0 Å². The molecule has 0 radical (unpaired) electrons. The quantitative estimate of drug-likeness (QED) is 0.665. The molecule has 118 valence electrons. The van der Waals surface area contributed by atoms with E-state index in [0.29, 0.717) is 0 Å². The van der Waals surface area contributed by atoms with E-state index in [-0.39, 0.29) is 0 Å². The van der Waals surface area contributed by atoms with Gasteiger partial charge in [-0.3, -0.25) is 0 Å². The molecule has 0 fully saturated rings. The van der Waals surface area contributed by atoms with E-state index in [1.807, 2.05) is 30.3 Å². The second-order valence-corrected chi connectivity index (χ2v) is 5.93. The molecule has 2 nitrogen and oxygen atoms in total. The third-order valence-electron chi connectivity index (χ3n) is 4.14. The smallest absolute Gasteiger partial charge is 0.150 e. The van der Waals surface area contributed by atoms with Crippen LogP contribution in [0.2, 0.25) is 0 Å². The lowest BCUT2D eigenvalue weighted by molar-refractivity contribution is 0.399. The highest BCUT2D eigenvalue weighted by Gasteiger charge is 2.21. The Bertz CT molecular complexity index is 840. The Hall–Kier alpha value is -3.00. The summed E-state index contributed by atoms with van der Waals surface area (Å²) < 4.78 is 6.12. The maximum Gasteiger partial charge on any atom is 0.150 e. The van der Waals surface area contributed by atoms with Crippen molar-refractivity contribution in [3.8, 4) is 5.75 Å². The van der Waals surface area contributed by atoms with Crippen LogP contribution in [0.1, 0.15) is 11.1 Å². The van der Waals surface area contributed by atoms with E-state index in [0.717, 1.165) is 35.8 Å². The molecule has 1 heterocycles. The van der Waals surface area contributed by atoms with Gasteiger partial charge in [0, 0.05) is 6.54 Å². The molecule has 0 amide bonds. The third-order valence-corrected chi connectivity index (χ3v) is 4.14. The molecule has 0 atom stereocenters. The summed E-state index contributed by atoms with van der Waals surface area (Å²) in [4.78, 5) is 2.36. The minimum Gasteiger partial charge on any atom is -0.458 e. The first kappa shape index (κ1) is 14.6. The third kappa shape index (κ3) is 3.18. The summed E-state index contributed by atoms with van der Waals surface area (Å²) in [5.74, 6) is 1.89. The van der Waals surface area contributed by atoms with Gasteiger partial charge in [-0.2, -0.15) is 0 Å². The monoisotopic (exact) mass is 313 g/mol. The van der Waals surface area contributed by atoms with Crippen molar-refractivity contribution < 1.29 is 4.74 Å². The Morgan fingerprint density at radius 3 is 2.25 bits per heavy atom. The number of rotatable bonds is 3. The molecule has 0 spiro atoms. The van der Waals surface area contributed by atoms with E-state index in [2.05, 4.69) is 65.6 Å². The van der Waals surface area contributed by atoms with Gasteiger partial charge < -0.3 is 9.64 Å². The van der Waals surface area contributed by atoms with Crippen molar-refractivity contribution in [2.75, 3.05) is 11.4 Å². The van der Waals surface area contributed by atoms with Crippen LogP contribution >= 0.6 is 0 Å². The zero-order chi connectivity index (χ0) is 16.2. The lowest BCUT2D eigenvalue weighted by Crippen LogP contribution is -2.30. The Morgan fingerprint density at radius 1 is 0.792 bits per heavy atom. The number of anilines is 1. The van der Waals surface area contributed by atoms with E-state index < -0.39 is 0 Å². The molecule has 0 unspecified atom stereocenters. The van der Waals surface area contributed by atoms with E-state index in [1.165, 1.54) is 5.56 Å². The maximum absolute atomic E-state index is 6.12. The van der Waals surface area contributed by atoms with E-state index in [1.54, 1.807) is 0 Å². The van der Waals surface area contributed by atoms with Gasteiger partial charge >= 0.3 is 0 Å². The highest BCUT2D eigenvalue weighted by atomic mass is 16.5. The molecule has 24 heavy (non-hydrogen) atoms. The number of hydrogen-bond acceptors (Lipinski definition) is 2. The van der Waals surface area contributed by atoms with Crippen LogP contribution in [0.3, 0.4) is 0 Å². The minimum absolute atomic E-state index is 0.765. The standard InChI is InChI=1S/C22H19NO/c1-3-9-18(10-4-1)15-20-17-23(16-19-11-5-2-6-12-19)21-13-7-8-14-22(21)24-20/h1-15H,16-17H2/b20-15-. The fourth-order valence-corrected chi connectivity index (χ4v) is 3.01. The number of hydrogen-bond donors (Lipinski definition) is 0.